The molecule has 112 valence electrons. The number of ether oxygens (including phenoxy) is 1. The Morgan fingerprint density at radius 3 is 2.68 bits per heavy atom. The maximum atomic E-state index is 11.2. The van der Waals surface area contributed by atoms with E-state index >= 15 is 0 Å². The second-order valence-electron chi connectivity index (χ2n) is 5.92. The lowest BCUT2D eigenvalue weighted by atomic mass is 9.84. The predicted octanol–water partition coefficient (Wildman–Crippen LogP) is 4.51. The number of carbonyl (C=O) groups excluding carboxylic acids is 1. The Morgan fingerprint density at radius 1 is 1.26 bits per heavy atom. The zero-order valence-electron chi connectivity index (χ0n) is 12.9. The fourth-order valence-corrected chi connectivity index (χ4v) is 3.41. The highest BCUT2D eigenvalue weighted by atomic mass is 16.5. The van der Waals surface area contributed by atoms with Gasteiger partial charge in [0, 0.05) is 6.04 Å². The lowest BCUT2D eigenvalue weighted by Crippen LogP contribution is -2.33. The Hall–Kier alpha value is -0.730. The molecule has 0 heterocycles. The van der Waals surface area contributed by atoms with Crippen LogP contribution in [0.5, 0.6) is 0 Å². The molecule has 19 heavy (non-hydrogen) atoms. The molecule has 0 aromatic carbocycles. The van der Waals surface area contributed by atoms with Crippen molar-refractivity contribution in [3.05, 3.63) is 0 Å². The summed E-state index contributed by atoms with van der Waals surface area (Å²) in [7, 11) is 1.43. The maximum Gasteiger partial charge on any atom is 0.407 e. The van der Waals surface area contributed by atoms with Crippen molar-refractivity contribution in [2.75, 3.05) is 7.11 Å². The summed E-state index contributed by atoms with van der Waals surface area (Å²) in [5, 5.41) is 2.95. The van der Waals surface area contributed by atoms with Crippen LogP contribution in [0.3, 0.4) is 0 Å². The Bertz CT molecular complexity index is 255. The van der Waals surface area contributed by atoms with Crippen molar-refractivity contribution in [2.45, 2.75) is 77.7 Å². The van der Waals surface area contributed by atoms with Crippen molar-refractivity contribution in [3.63, 3.8) is 0 Å². The number of rotatable bonds is 8. The van der Waals surface area contributed by atoms with Gasteiger partial charge in [-0.3, -0.25) is 0 Å². The van der Waals surface area contributed by atoms with E-state index in [1.807, 2.05) is 0 Å². The van der Waals surface area contributed by atoms with Crippen molar-refractivity contribution in [3.8, 4) is 0 Å². The summed E-state index contributed by atoms with van der Waals surface area (Å²) < 4.78 is 4.68. The molecule has 3 nitrogen and oxygen atoms in total. The van der Waals surface area contributed by atoms with Gasteiger partial charge >= 0.3 is 6.09 Å². The number of hydrogen-bond acceptors (Lipinski definition) is 2. The van der Waals surface area contributed by atoms with Gasteiger partial charge in [0.05, 0.1) is 7.11 Å². The second kappa shape index (κ2) is 9.22. The maximum absolute atomic E-state index is 11.2. The Kier molecular flexibility index (Phi) is 7.92. The fraction of sp³-hybridized carbons (Fsp3) is 0.938. The molecule has 1 N–H and O–H groups in total. The summed E-state index contributed by atoms with van der Waals surface area (Å²) >= 11 is 0. The van der Waals surface area contributed by atoms with Crippen LogP contribution in [0.1, 0.15) is 71.6 Å². The van der Waals surface area contributed by atoms with Gasteiger partial charge in [0.25, 0.3) is 0 Å². The topological polar surface area (TPSA) is 38.3 Å². The standard InChI is InChI=1S/C16H31NO2/c1-4-6-7-8-9-13(5-2)14-10-11-15(12-14)17-16(18)19-3/h13-15H,4-12H2,1-3H3,(H,17,18)/t13?,14?,15-/m1/s1. The first-order chi connectivity index (χ1) is 9.21. The summed E-state index contributed by atoms with van der Waals surface area (Å²) in [6.07, 6.45) is 11.3. The Balaban J connectivity index is 2.27. The molecule has 1 rings (SSSR count). The summed E-state index contributed by atoms with van der Waals surface area (Å²) in [6.45, 7) is 4.57. The molecule has 1 saturated carbocycles. The van der Waals surface area contributed by atoms with Gasteiger partial charge in [0.15, 0.2) is 0 Å². The molecule has 2 unspecified atom stereocenters. The van der Waals surface area contributed by atoms with Gasteiger partial charge in [-0.25, -0.2) is 4.79 Å². The number of unbranched alkanes of at least 4 members (excludes halogenated alkanes) is 3. The van der Waals surface area contributed by atoms with Gasteiger partial charge in [-0.05, 0) is 31.1 Å². The molecular formula is C16H31NO2. The van der Waals surface area contributed by atoms with E-state index in [2.05, 4.69) is 23.9 Å². The van der Waals surface area contributed by atoms with Crippen molar-refractivity contribution >= 4 is 6.09 Å². The minimum Gasteiger partial charge on any atom is -0.453 e. The van der Waals surface area contributed by atoms with Crippen LogP contribution in [0.2, 0.25) is 0 Å². The normalized spacial score (nSPS) is 24.2. The van der Waals surface area contributed by atoms with Crippen LogP contribution in [0.25, 0.3) is 0 Å². The zero-order valence-corrected chi connectivity index (χ0v) is 12.9. The molecule has 1 aliphatic carbocycles. The first-order valence-electron chi connectivity index (χ1n) is 8.05. The summed E-state index contributed by atoms with van der Waals surface area (Å²) in [4.78, 5) is 11.2. The highest BCUT2D eigenvalue weighted by Crippen LogP contribution is 2.36. The Labute approximate surface area is 118 Å². The third-order valence-corrected chi connectivity index (χ3v) is 4.60. The van der Waals surface area contributed by atoms with Crippen molar-refractivity contribution in [1.29, 1.82) is 0 Å². The average molecular weight is 269 g/mol. The minimum absolute atomic E-state index is 0.276. The van der Waals surface area contributed by atoms with E-state index < -0.39 is 0 Å². The van der Waals surface area contributed by atoms with Crippen LogP contribution in [0.4, 0.5) is 4.79 Å². The second-order valence-corrected chi connectivity index (χ2v) is 5.92. The van der Waals surface area contributed by atoms with Crippen LogP contribution in [-0.2, 0) is 4.74 Å². The SMILES string of the molecule is CCCCCCC(CC)C1CC[C@@H](NC(=O)OC)C1. The summed E-state index contributed by atoms with van der Waals surface area (Å²) in [6, 6.07) is 0.335. The highest BCUT2D eigenvalue weighted by Gasteiger charge is 2.30. The number of carbonyl (C=O) groups is 1. The molecule has 0 bridgehead atoms. The van der Waals surface area contributed by atoms with E-state index in [0.29, 0.717) is 6.04 Å². The third-order valence-electron chi connectivity index (χ3n) is 4.60. The molecule has 3 heteroatoms. The first-order valence-corrected chi connectivity index (χ1v) is 8.05. The van der Waals surface area contributed by atoms with Crippen molar-refractivity contribution < 1.29 is 9.53 Å². The average Bonchev–Trinajstić information content (AvgIpc) is 2.87. The van der Waals surface area contributed by atoms with E-state index in [4.69, 9.17) is 0 Å². The fourth-order valence-electron chi connectivity index (χ4n) is 3.41. The van der Waals surface area contributed by atoms with Gasteiger partial charge in [-0.1, -0.05) is 52.4 Å². The van der Waals surface area contributed by atoms with Crippen molar-refractivity contribution in [2.24, 2.45) is 11.8 Å². The van der Waals surface area contributed by atoms with E-state index in [0.717, 1.165) is 24.7 Å². The number of hydrogen-bond donors (Lipinski definition) is 1. The largest absolute Gasteiger partial charge is 0.453 e. The Morgan fingerprint density at radius 2 is 2.05 bits per heavy atom. The van der Waals surface area contributed by atoms with Crippen LogP contribution in [-0.4, -0.2) is 19.2 Å². The third kappa shape index (κ3) is 5.84. The van der Waals surface area contributed by atoms with Crippen LogP contribution in [0, 0.1) is 11.8 Å². The van der Waals surface area contributed by atoms with E-state index in [9.17, 15) is 4.79 Å². The predicted molar refractivity (Wildman–Crippen MR) is 79.2 cm³/mol. The molecule has 1 aliphatic rings. The van der Waals surface area contributed by atoms with Gasteiger partial charge in [0.2, 0.25) is 0 Å². The molecular weight excluding hydrogens is 238 g/mol. The molecule has 0 saturated heterocycles. The number of alkyl carbamates (subject to hydrolysis) is 1. The van der Waals surface area contributed by atoms with Gasteiger partial charge in [-0.2, -0.15) is 0 Å². The number of nitrogens with one attached hydrogen (secondary N) is 1. The minimum atomic E-state index is -0.276. The van der Waals surface area contributed by atoms with E-state index in [-0.39, 0.29) is 6.09 Å². The quantitative estimate of drug-likeness (QED) is 0.658. The molecule has 0 aromatic rings. The zero-order chi connectivity index (χ0) is 14.1. The van der Waals surface area contributed by atoms with Crippen molar-refractivity contribution in [1.82, 2.24) is 5.32 Å². The molecule has 0 aliphatic heterocycles. The van der Waals surface area contributed by atoms with Crippen LogP contribution >= 0.6 is 0 Å². The molecule has 0 radical (unpaired) electrons. The lowest BCUT2D eigenvalue weighted by Gasteiger charge is -2.22. The smallest absolute Gasteiger partial charge is 0.407 e. The van der Waals surface area contributed by atoms with E-state index in [1.54, 1.807) is 0 Å². The molecule has 0 spiro atoms. The lowest BCUT2D eigenvalue weighted by molar-refractivity contribution is 0.166. The van der Waals surface area contributed by atoms with Gasteiger partial charge < -0.3 is 10.1 Å². The number of methoxy groups -OCH3 is 1. The highest BCUT2D eigenvalue weighted by molar-refractivity contribution is 5.67. The van der Waals surface area contributed by atoms with Gasteiger partial charge in [-0.15, -0.1) is 0 Å². The summed E-state index contributed by atoms with van der Waals surface area (Å²) in [5.74, 6) is 1.65. The molecule has 0 aromatic heterocycles. The molecule has 1 amide bonds. The number of amides is 1. The van der Waals surface area contributed by atoms with Crippen LogP contribution < -0.4 is 5.32 Å². The van der Waals surface area contributed by atoms with E-state index in [1.165, 1.54) is 52.1 Å². The monoisotopic (exact) mass is 269 g/mol. The van der Waals surface area contributed by atoms with Gasteiger partial charge in [0.1, 0.15) is 0 Å². The van der Waals surface area contributed by atoms with Crippen LogP contribution in [0.15, 0.2) is 0 Å². The summed E-state index contributed by atoms with van der Waals surface area (Å²) in [5.41, 5.74) is 0. The first kappa shape index (κ1) is 16.3. The molecule has 1 fully saturated rings. The molecule has 3 atom stereocenters.